The zero-order valence-electron chi connectivity index (χ0n) is 15.3. The van der Waals surface area contributed by atoms with Crippen molar-refractivity contribution in [2.75, 3.05) is 39.8 Å². The first kappa shape index (κ1) is 23.8. The van der Waals surface area contributed by atoms with Crippen molar-refractivity contribution in [1.82, 2.24) is 15.5 Å². The fraction of sp³-hybridized carbons (Fsp3) is 0.611. The topological polar surface area (TPSA) is 59.9 Å². The Bertz CT molecular complexity index is 568. The molecule has 1 aromatic carbocycles. The molecule has 0 aromatic heterocycles. The predicted octanol–water partition coefficient (Wildman–Crippen LogP) is 3.54. The van der Waals surface area contributed by atoms with Gasteiger partial charge in [0.25, 0.3) is 0 Å². The number of hydrogen-bond acceptors (Lipinski definition) is 3. The third-order valence-electron chi connectivity index (χ3n) is 4.32. The van der Waals surface area contributed by atoms with E-state index in [1.165, 1.54) is 19.4 Å². The molecule has 1 aromatic rings. The second-order valence-corrected chi connectivity index (χ2v) is 7.46. The van der Waals surface area contributed by atoms with Crippen molar-refractivity contribution >= 4 is 53.1 Å². The number of guanidine groups is 1. The van der Waals surface area contributed by atoms with Crippen molar-refractivity contribution in [1.29, 1.82) is 0 Å². The maximum Gasteiger partial charge on any atom is 0.191 e. The van der Waals surface area contributed by atoms with Crippen molar-refractivity contribution in [2.24, 2.45) is 10.9 Å². The highest BCUT2D eigenvalue weighted by Gasteiger charge is 2.17. The molecule has 1 aliphatic rings. The average molecular weight is 515 g/mol. The molecular weight excluding hydrogens is 486 g/mol. The van der Waals surface area contributed by atoms with E-state index in [4.69, 9.17) is 23.2 Å². The van der Waals surface area contributed by atoms with Gasteiger partial charge in [0.2, 0.25) is 0 Å². The quantitative estimate of drug-likeness (QED) is 0.309. The number of aliphatic imine (C=N–C) groups is 1. The lowest BCUT2D eigenvalue weighted by Gasteiger charge is -2.30. The van der Waals surface area contributed by atoms with E-state index < -0.39 is 6.10 Å². The summed E-state index contributed by atoms with van der Waals surface area (Å²) >= 11 is 12.0. The summed E-state index contributed by atoms with van der Waals surface area (Å²) in [6.45, 7) is 6.22. The van der Waals surface area contributed by atoms with E-state index in [1.54, 1.807) is 18.2 Å². The number of halogens is 3. The summed E-state index contributed by atoms with van der Waals surface area (Å²) in [6, 6.07) is 5.08. The van der Waals surface area contributed by atoms with Gasteiger partial charge in [-0.3, -0.25) is 4.99 Å². The molecule has 2 rings (SSSR count). The molecule has 3 N–H and O–H groups in total. The monoisotopic (exact) mass is 514 g/mol. The largest absolute Gasteiger partial charge is 0.386 e. The molecule has 2 unspecified atom stereocenters. The van der Waals surface area contributed by atoms with Crippen LogP contribution >= 0.6 is 47.2 Å². The molecule has 1 aliphatic heterocycles. The molecule has 148 valence electrons. The Morgan fingerprint density at radius 2 is 2.00 bits per heavy atom. The van der Waals surface area contributed by atoms with Crippen molar-refractivity contribution in [3.63, 3.8) is 0 Å². The fourth-order valence-corrected chi connectivity index (χ4v) is 3.62. The van der Waals surface area contributed by atoms with Crippen molar-refractivity contribution in [3.8, 4) is 0 Å². The molecule has 26 heavy (non-hydrogen) atoms. The molecule has 1 fully saturated rings. The summed E-state index contributed by atoms with van der Waals surface area (Å²) in [5.41, 5.74) is 0.672. The van der Waals surface area contributed by atoms with Crippen LogP contribution in [0.1, 0.15) is 31.4 Å². The first-order valence-electron chi connectivity index (χ1n) is 8.82. The van der Waals surface area contributed by atoms with Gasteiger partial charge < -0.3 is 20.6 Å². The van der Waals surface area contributed by atoms with Crippen LogP contribution in [-0.4, -0.2) is 55.7 Å². The number of aliphatic hydroxyl groups excluding tert-OH is 1. The van der Waals surface area contributed by atoms with Crippen LogP contribution in [0.25, 0.3) is 0 Å². The molecule has 0 aliphatic carbocycles. The number of rotatable bonds is 6. The maximum absolute atomic E-state index is 10.4. The van der Waals surface area contributed by atoms with Gasteiger partial charge >= 0.3 is 0 Å². The van der Waals surface area contributed by atoms with Crippen LogP contribution in [0.2, 0.25) is 10.0 Å². The second-order valence-electron chi connectivity index (χ2n) is 6.59. The van der Waals surface area contributed by atoms with Crippen molar-refractivity contribution < 1.29 is 5.11 Å². The minimum atomic E-state index is -0.743. The van der Waals surface area contributed by atoms with E-state index in [0.29, 0.717) is 21.5 Å². The standard InChI is InChI=1S/C18H28Cl2N4O.HI/c1-3-21-18(22-10-13-5-4-6-24(2)12-13)23-11-17(25)14-7-15(19)9-16(20)8-14;/h7-9,13,17,25H,3-6,10-12H2,1-2H3,(H2,21,22,23);1H. The zero-order chi connectivity index (χ0) is 18.2. The van der Waals surface area contributed by atoms with Gasteiger partial charge in [0, 0.05) is 29.7 Å². The maximum atomic E-state index is 10.4. The Morgan fingerprint density at radius 3 is 2.62 bits per heavy atom. The lowest BCUT2D eigenvalue weighted by molar-refractivity contribution is 0.187. The Labute approximate surface area is 183 Å². The van der Waals surface area contributed by atoms with Crippen LogP contribution in [0.5, 0.6) is 0 Å². The number of piperidine rings is 1. The van der Waals surface area contributed by atoms with E-state index in [0.717, 1.165) is 25.6 Å². The lowest BCUT2D eigenvalue weighted by Crippen LogP contribution is -2.43. The second kappa shape index (κ2) is 12.2. The molecule has 0 radical (unpaired) electrons. The highest BCUT2D eigenvalue weighted by atomic mass is 127. The third kappa shape index (κ3) is 8.17. The Kier molecular flexibility index (Phi) is 11.2. The first-order chi connectivity index (χ1) is 12.0. The highest BCUT2D eigenvalue weighted by Crippen LogP contribution is 2.23. The number of likely N-dealkylation sites (tertiary alicyclic amines) is 1. The SMILES string of the molecule is CCNC(=NCC(O)c1cc(Cl)cc(Cl)c1)NCC1CCCN(C)C1.I. The molecule has 0 amide bonds. The molecular formula is C18H29Cl2IN4O. The predicted molar refractivity (Wildman–Crippen MR) is 121 cm³/mol. The van der Waals surface area contributed by atoms with E-state index in [2.05, 4.69) is 27.6 Å². The van der Waals surface area contributed by atoms with Gasteiger partial charge in [-0.1, -0.05) is 23.2 Å². The van der Waals surface area contributed by atoms with E-state index in [-0.39, 0.29) is 30.5 Å². The molecule has 8 heteroatoms. The number of hydrogen-bond donors (Lipinski definition) is 3. The highest BCUT2D eigenvalue weighted by molar-refractivity contribution is 14.0. The van der Waals surface area contributed by atoms with Crippen LogP contribution in [0.15, 0.2) is 23.2 Å². The number of benzene rings is 1. The number of nitrogens with one attached hydrogen (secondary N) is 2. The fourth-order valence-electron chi connectivity index (χ4n) is 3.07. The summed E-state index contributed by atoms with van der Waals surface area (Å²) in [5.74, 6) is 1.35. The van der Waals surface area contributed by atoms with Crippen LogP contribution in [0.3, 0.4) is 0 Å². The smallest absolute Gasteiger partial charge is 0.191 e. The van der Waals surface area contributed by atoms with Crippen molar-refractivity contribution in [3.05, 3.63) is 33.8 Å². The van der Waals surface area contributed by atoms with Gasteiger partial charge in [0.05, 0.1) is 12.6 Å². The molecule has 1 heterocycles. The summed E-state index contributed by atoms with van der Waals surface area (Å²) in [5, 5.41) is 18.0. The van der Waals surface area contributed by atoms with Crippen LogP contribution < -0.4 is 10.6 Å². The van der Waals surface area contributed by atoms with Crippen LogP contribution in [0.4, 0.5) is 0 Å². The van der Waals surface area contributed by atoms with Crippen molar-refractivity contribution in [2.45, 2.75) is 25.9 Å². The van der Waals surface area contributed by atoms with Gasteiger partial charge in [-0.2, -0.15) is 0 Å². The molecule has 0 spiro atoms. The summed E-state index contributed by atoms with van der Waals surface area (Å²) < 4.78 is 0. The Balaban J connectivity index is 0.00000338. The lowest BCUT2D eigenvalue weighted by atomic mass is 9.99. The van der Waals surface area contributed by atoms with Gasteiger partial charge in [0.15, 0.2) is 5.96 Å². The molecule has 2 atom stereocenters. The molecule has 0 saturated carbocycles. The van der Waals surface area contributed by atoms with Gasteiger partial charge in [-0.15, -0.1) is 24.0 Å². The molecule has 1 saturated heterocycles. The normalized spacial score (nSPS) is 19.6. The summed E-state index contributed by atoms with van der Waals surface area (Å²) in [7, 11) is 2.16. The van der Waals surface area contributed by atoms with E-state index in [9.17, 15) is 5.11 Å². The summed E-state index contributed by atoms with van der Waals surface area (Å²) in [6.07, 6.45) is 1.73. The Morgan fingerprint density at radius 1 is 1.31 bits per heavy atom. The summed E-state index contributed by atoms with van der Waals surface area (Å²) in [4.78, 5) is 6.86. The number of aliphatic hydroxyl groups is 1. The van der Waals surface area contributed by atoms with Gasteiger partial charge in [-0.05, 0) is 63.0 Å². The van der Waals surface area contributed by atoms with E-state index in [1.807, 2.05) is 6.92 Å². The minimum absolute atomic E-state index is 0. The van der Waals surface area contributed by atoms with E-state index >= 15 is 0 Å². The van der Waals surface area contributed by atoms with Gasteiger partial charge in [0.1, 0.15) is 0 Å². The minimum Gasteiger partial charge on any atom is -0.386 e. The zero-order valence-corrected chi connectivity index (χ0v) is 19.2. The van der Waals surface area contributed by atoms with Crippen LogP contribution in [0, 0.1) is 5.92 Å². The molecule has 0 bridgehead atoms. The average Bonchev–Trinajstić information content (AvgIpc) is 2.56. The third-order valence-corrected chi connectivity index (χ3v) is 4.75. The molecule has 5 nitrogen and oxygen atoms in total. The van der Waals surface area contributed by atoms with Crippen LogP contribution in [-0.2, 0) is 0 Å². The number of nitrogens with zero attached hydrogens (tertiary/aromatic N) is 2. The van der Waals surface area contributed by atoms with Gasteiger partial charge in [-0.25, -0.2) is 0 Å². The Hall–Kier alpha value is -0.280. The first-order valence-corrected chi connectivity index (χ1v) is 9.58.